The van der Waals surface area contributed by atoms with Gasteiger partial charge in [-0.25, -0.2) is 4.98 Å². The van der Waals surface area contributed by atoms with E-state index in [1.54, 1.807) is 40.4 Å². The van der Waals surface area contributed by atoms with Gasteiger partial charge in [0.15, 0.2) is 0 Å². The molecule has 28 heavy (non-hydrogen) atoms. The number of halogens is 2. The average Bonchev–Trinajstić information content (AvgIpc) is 3.02. The van der Waals surface area contributed by atoms with Gasteiger partial charge < -0.3 is 4.74 Å². The second kappa shape index (κ2) is 7.83. The van der Waals surface area contributed by atoms with E-state index in [-0.39, 0.29) is 5.56 Å². The van der Waals surface area contributed by atoms with Gasteiger partial charge >= 0.3 is 0 Å². The minimum atomic E-state index is -2.51. The molecule has 0 aliphatic heterocycles. The largest absolute Gasteiger partial charge is 0.496 e. The first-order valence-electron chi connectivity index (χ1n) is 9.07. The zero-order valence-electron chi connectivity index (χ0n) is 15.6. The molecule has 1 aromatic carbocycles. The van der Waals surface area contributed by atoms with Crippen LogP contribution < -0.4 is 10.3 Å². The number of nitrogens with zero attached hydrogens (tertiary/aromatic N) is 2. The van der Waals surface area contributed by atoms with E-state index in [1.807, 2.05) is 0 Å². The molecular weight excluding hydrogens is 402 g/mol. The van der Waals surface area contributed by atoms with E-state index in [4.69, 9.17) is 4.74 Å². The Morgan fingerprint density at radius 1 is 1.43 bits per heavy atom. The number of hydrogen-bond donors (Lipinski definition) is 0. The summed E-state index contributed by atoms with van der Waals surface area (Å²) in [6.45, 7) is 2.56. The van der Waals surface area contributed by atoms with Crippen molar-refractivity contribution in [3.05, 3.63) is 50.9 Å². The normalized spacial score (nSPS) is 16.5. The summed E-state index contributed by atoms with van der Waals surface area (Å²) >= 11 is 2.08. The van der Waals surface area contributed by atoms with Crippen LogP contribution in [-0.2, 0) is 19.4 Å². The molecule has 3 aromatic rings. The number of hydrogen-bond acceptors (Lipinski definition) is 5. The monoisotopic (exact) mass is 422 g/mol. The Hall–Kier alpha value is -1.93. The molecule has 1 aliphatic rings. The van der Waals surface area contributed by atoms with Crippen molar-refractivity contribution >= 4 is 33.3 Å². The van der Waals surface area contributed by atoms with Gasteiger partial charge in [-0.15, -0.1) is 11.3 Å². The molecule has 0 amide bonds. The molecule has 8 heteroatoms. The van der Waals surface area contributed by atoms with Crippen molar-refractivity contribution in [2.45, 2.75) is 43.4 Å². The van der Waals surface area contributed by atoms with Crippen LogP contribution in [0, 0.1) is 5.92 Å². The Bertz CT molecular complexity index is 1080. The third-order valence-electron chi connectivity index (χ3n) is 5.08. The molecule has 0 N–H and O–H groups in total. The summed E-state index contributed by atoms with van der Waals surface area (Å²) in [5.41, 5.74) is 1.92. The minimum Gasteiger partial charge on any atom is -0.496 e. The molecule has 0 radical (unpaired) electrons. The van der Waals surface area contributed by atoms with Gasteiger partial charge in [0.2, 0.25) is 0 Å². The highest BCUT2D eigenvalue weighted by Gasteiger charge is 2.23. The van der Waals surface area contributed by atoms with Gasteiger partial charge in [0.05, 0.1) is 30.3 Å². The van der Waals surface area contributed by atoms with E-state index in [0.717, 1.165) is 40.6 Å². The number of aryl methyl sites for hydroxylation is 1. The SMILES string of the molecule is COc1cc(Cn2cnc3sc4c(c3c2=O)CCC(C)C4)ccc1SC(F)F. The van der Waals surface area contributed by atoms with E-state index < -0.39 is 5.76 Å². The molecule has 1 atom stereocenters. The highest BCUT2D eigenvalue weighted by Crippen LogP contribution is 2.36. The van der Waals surface area contributed by atoms with E-state index in [0.29, 0.717) is 34.9 Å². The topological polar surface area (TPSA) is 44.1 Å². The van der Waals surface area contributed by atoms with Gasteiger partial charge in [0.1, 0.15) is 10.6 Å². The summed E-state index contributed by atoms with van der Waals surface area (Å²) in [5, 5.41) is 0.742. The highest BCUT2D eigenvalue weighted by atomic mass is 32.2. The molecule has 1 unspecified atom stereocenters. The Kier molecular flexibility index (Phi) is 5.42. The predicted molar refractivity (Wildman–Crippen MR) is 109 cm³/mol. The summed E-state index contributed by atoms with van der Waals surface area (Å²) in [7, 11) is 1.45. The number of benzene rings is 1. The molecule has 0 saturated carbocycles. The van der Waals surface area contributed by atoms with E-state index >= 15 is 0 Å². The number of aromatic nitrogens is 2. The lowest BCUT2D eigenvalue weighted by atomic mass is 9.89. The second-order valence-electron chi connectivity index (χ2n) is 7.07. The zero-order chi connectivity index (χ0) is 19.8. The molecule has 0 fully saturated rings. The number of thiophene rings is 1. The van der Waals surface area contributed by atoms with Crippen molar-refractivity contribution in [3.8, 4) is 5.75 Å². The Morgan fingerprint density at radius 3 is 3.00 bits per heavy atom. The third kappa shape index (κ3) is 3.67. The van der Waals surface area contributed by atoms with E-state index in [2.05, 4.69) is 11.9 Å². The number of thioether (sulfide) groups is 1. The van der Waals surface area contributed by atoms with Crippen LogP contribution in [-0.4, -0.2) is 22.4 Å². The van der Waals surface area contributed by atoms with Crippen molar-refractivity contribution in [1.82, 2.24) is 9.55 Å². The molecule has 0 saturated heterocycles. The summed E-state index contributed by atoms with van der Waals surface area (Å²) in [6, 6.07) is 5.05. The van der Waals surface area contributed by atoms with Crippen LogP contribution >= 0.6 is 23.1 Å². The maximum atomic E-state index is 13.1. The Morgan fingerprint density at radius 2 is 2.25 bits per heavy atom. The van der Waals surface area contributed by atoms with Crippen molar-refractivity contribution in [2.24, 2.45) is 5.92 Å². The van der Waals surface area contributed by atoms with Gasteiger partial charge in [-0.2, -0.15) is 8.78 Å². The quantitative estimate of drug-likeness (QED) is 0.546. The fraction of sp³-hybridized carbons (Fsp3) is 0.400. The lowest BCUT2D eigenvalue weighted by molar-refractivity contribution is 0.251. The first kappa shape index (κ1) is 19.4. The molecule has 4 rings (SSSR count). The molecule has 0 spiro atoms. The molecule has 2 heterocycles. The smallest absolute Gasteiger partial charge is 0.289 e. The summed E-state index contributed by atoms with van der Waals surface area (Å²) < 4.78 is 32.2. The van der Waals surface area contributed by atoms with E-state index in [1.165, 1.54) is 12.0 Å². The number of methoxy groups -OCH3 is 1. The fourth-order valence-corrected chi connectivity index (χ4v) is 5.62. The van der Waals surface area contributed by atoms with Crippen LogP contribution in [0.15, 0.2) is 34.2 Å². The minimum absolute atomic E-state index is 0.0398. The molecule has 1 aliphatic carbocycles. The molecule has 148 valence electrons. The third-order valence-corrected chi connectivity index (χ3v) is 7.01. The van der Waals surface area contributed by atoms with Crippen LogP contribution in [0.25, 0.3) is 10.2 Å². The summed E-state index contributed by atoms with van der Waals surface area (Å²) in [6.07, 6.45) is 4.60. The number of fused-ring (bicyclic) bond motifs is 3. The molecule has 4 nitrogen and oxygen atoms in total. The van der Waals surface area contributed by atoms with Crippen LogP contribution in [0.4, 0.5) is 8.78 Å². The Balaban J connectivity index is 1.69. The molecule has 0 bridgehead atoms. The van der Waals surface area contributed by atoms with Crippen LogP contribution in [0.3, 0.4) is 0 Å². The maximum absolute atomic E-state index is 13.1. The maximum Gasteiger partial charge on any atom is 0.289 e. The van der Waals surface area contributed by atoms with Gasteiger partial charge in [-0.1, -0.05) is 24.8 Å². The van der Waals surface area contributed by atoms with Gasteiger partial charge in [-0.3, -0.25) is 9.36 Å². The lowest BCUT2D eigenvalue weighted by Crippen LogP contribution is -2.22. The first-order chi connectivity index (χ1) is 13.5. The second-order valence-corrected chi connectivity index (χ2v) is 9.19. The first-order valence-corrected chi connectivity index (χ1v) is 10.8. The standard InChI is InChI=1S/C20H20F2N2O2S2/c1-11-3-5-13-16(7-11)27-18-17(13)19(25)24(10-23-18)9-12-4-6-15(28-20(21)22)14(8-12)26-2/h4,6,8,10-11,20H,3,5,7,9H2,1-2H3. The Labute approximate surface area is 169 Å². The fourth-order valence-electron chi connectivity index (χ4n) is 3.68. The van der Waals surface area contributed by atoms with Crippen LogP contribution in [0.1, 0.15) is 29.3 Å². The lowest BCUT2D eigenvalue weighted by Gasteiger charge is -2.17. The van der Waals surface area contributed by atoms with E-state index in [9.17, 15) is 13.6 Å². The van der Waals surface area contributed by atoms with Gasteiger partial charge in [0.25, 0.3) is 11.3 Å². The highest BCUT2D eigenvalue weighted by molar-refractivity contribution is 7.99. The van der Waals surface area contributed by atoms with Crippen LogP contribution in [0.5, 0.6) is 5.75 Å². The van der Waals surface area contributed by atoms with Crippen LogP contribution in [0.2, 0.25) is 0 Å². The van der Waals surface area contributed by atoms with Crippen molar-refractivity contribution < 1.29 is 13.5 Å². The van der Waals surface area contributed by atoms with Crippen molar-refractivity contribution in [2.75, 3.05) is 7.11 Å². The number of alkyl halides is 2. The molecular formula is C20H20F2N2O2S2. The van der Waals surface area contributed by atoms with Gasteiger partial charge in [-0.05, 0) is 48.4 Å². The number of rotatable bonds is 5. The average molecular weight is 423 g/mol. The zero-order valence-corrected chi connectivity index (χ0v) is 17.2. The number of ether oxygens (including phenoxy) is 1. The molecule has 2 aromatic heterocycles. The predicted octanol–water partition coefficient (Wildman–Crippen LogP) is 4.95. The van der Waals surface area contributed by atoms with Crippen molar-refractivity contribution in [3.63, 3.8) is 0 Å². The summed E-state index contributed by atoms with van der Waals surface area (Å²) in [5.74, 6) is -1.49. The summed E-state index contributed by atoms with van der Waals surface area (Å²) in [4.78, 5) is 20.1. The van der Waals surface area contributed by atoms with Crippen molar-refractivity contribution in [1.29, 1.82) is 0 Å². The van der Waals surface area contributed by atoms with Gasteiger partial charge in [0, 0.05) is 4.88 Å².